The van der Waals surface area contributed by atoms with Crippen LogP contribution in [-0.2, 0) is 10.8 Å². The van der Waals surface area contributed by atoms with Gasteiger partial charge in [-0.1, -0.05) is 143 Å². The summed E-state index contributed by atoms with van der Waals surface area (Å²) in [5.41, 5.74) is 19.8. The minimum absolute atomic E-state index is 0.141. The first-order valence-electron chi connectivity index (χ1n) is 21.5. The minimum atomic E-state index is -0.351. The molecule has 0 amide bonds. The Morgan fingerprint density at radius 2 is 1.16 bits per heavy atom. The number of hydrogen-bond acceptors (Lipinski definition) is 2. The second-order valence-electron chi connectivity index (χ2n) is 18.2. The van der Waals surface area contributed by atoms with Crippen molar-refractivity contribution in [2.24, 2.45) is 0 Å². The highest BCUT2D eigenvalue weighted by Crippen LogP contribution is 2.54. The van der Waals surface area contributed by atoms with E-state index in [-0.39, 0.29) is 10.8 Å². The third-order valence-corrected chi connectivity index (χ3v) is 15.4. The Kier molecular flexibility index (Phi) is 7.66. The Morgan fingerprint density at radius 3 is 2.00 bits per heavy atom. The van der Waals surface area contributed by atoms with Crippen LogP contribution < -0.4 is 4.90 Å². The lowest BCUT2D eigenvalue weighted by molar-refractivity contribution is 0.641. The third-order valence-electron chi connectivity index (χ3n) is 14.1. The van der Waals surface area contributed by atoms with Crippen LogP contribution >= 0.6 is 11.3 Å². The standard InChI is InChI=1S/C58H46N2S/c1-35-24-25-38(32-36(35)2)59(39-26-27-41-40-18-10-13-21-47(40)57(3,4)49(41)33-39)52-34-50-44(55-54(52)46-20-11-14-22-51(46)60(55)37-16-8-7-9-17-37)28-29-45-48(58(50,5)6)31-30-43-42-19-12-15-23-53(42)61-56(43)45/h7-34H,1-6H3. The topological polar surface area (TPSA) is 8.17 Å². The normalized spacial score (nSPS) is 14.6. The van der Waals surface area contributed by atoms with E-state index in [9.17, 15) is 0 Å². The molecule has 0 spiro atoms. The predicted molar refractivity (Wildman–Crippen MR) is 263 cm³/mol. The quantitative estimate of drug-likeness (QED) is 0.172. The lowest BCUT2D eigenvalue weighted by Crippen LogP contribution is -2.22. The predicted octanol–water partition coefficient (Wildman–Crippen LogP) is 16.4. The smallest absolute Gasteiger partial charge is 0.0637 e. The second kappa shape index (κ2) is 12.9. The summed E-state index contributed by atoms with van der Waals surface area (Å²) in [6, 6.07) is 59.4. The molecular weight excluding hydrogens is 757 g/mol. The van der Waals surface area contributed by atoms with Gasteiger partial charge >= 0.3 is 0 Å². The van der Waals surface area contributed by atoms with Crippen LogP contribution in [-0.4, -0.2) is 4.57 Å². The molecule has 2 nitrogen and oxygen atoms in total. The van der Waals surface area contributed by atoms with Crippen LogP contribution in [0.1, 0.15) is 72.2 Å². The molecule has 0 aliphatic heterocycles. The molecule has 0 radical (unpaired) electrons. The van der Waals surface area contributed by atoms with E-state index in [0.29, 0.717) is 0 Å². The maximum Gasteiger partial charge on any atom is 0.0637 e. The summed E-state index contributed by atoms with van der Waals surface area (Å²) >= 11 is 1.92. The van der Waals surface area contributed by atoms with Gasteiger partial charge in [0.1, 0.15) is 0 Å². The van der Waals surface area contributed by atoms with E-state index >= 15 is 0 Å². The Bertz CT molecular complexity index is 3500. The van der Waals surface area contributed by atoms with E-state index < -0.39 is 0 Å². The van der Waals surface area contributed by atoms with Crippen molar-refractivity contribution in [2.75, 3.05) is 4.90 Å². The van der Waals surface area contributed by atoms with Gasteiger partial charge in [-0.05, 0) is 119 Å². The molecule has 10 aromatic rings. The molecule has 3 heteroatoms. The summed E-state index contributed by atoms with van der Waals surface area (Å²) in [5.74, 6) is 0. The van der Waals surface area contributed by atoms with Gasteiger partial charge in [-0.2, -0.15) is 0 Å². The number of thiophene rings is 1. The van der Waals surface area contributed by atoms with E-state index in [0.717, 1.165) is 17.1 Å². The number of para-hydroxylation sites is 2. The van der Waals surface area contributed by atoms with Crippen molar-refractivity contribution in [3.05, 3.63) is 202 Å². The fourth-order valence-corrected chi connectivity index (χ4v) is 12.1. The van der Waals surface area contributed by atoms with Gasteiger partial charge in [0, 0.05) is 64.4 Å². The molecule has 0 fully saturated rings. The first-order valence-corrected chi connectivity index (χ1v) is 22.3. The zero-order chi connectivity index (χ0) is 41.4. The number of fused-ring (bicyclic) bond motifs is 13. The van der Waals surface area contributed by atoms with Crippen LogP contribution in [0.5, 0.6) is 0 Å². The monoisotopic (exact) mass is 802 g/mol. The van der Waals surface area contributed by atoms with Crippen LogP contribution in [0, 0.1) is 13.8 Å². The third kappa shape index (κ3) is 5.08. The molecule has 294 valence electrons. The molecule has 0 N–H and O–H groups in total. The average Bonchev–Trinajstić information content (AvgIpc) is 3.88. The highest BCUT2D eigenvalue weighted by atomic mass is 32.1. The number of rotatable bonds is 4. The first kappa shape index (κ1) is 36.2. The summed E-state index contributed by atoms with van der Waals surface area (Å²) in [6.45, 7) is 14.1. The van der Waals surface area contributed by atoms with Crippen molar-refractivity contribution in [1.29, 1.82) is 0 Å². The lowest BCUT2D eigenvalue weighted by atomic mass is 9.74. The van der Waals surface area contributed by atoms with E-state index in [1.54, 1.807) is 0 Å². The molecular formula is C58H46N2S. The molecule has 8 aromatic carbocycles. The van der Waals surface area contributed by atoms with Gasteiger partial charge in [-0.15, -0.1) is 11.3 Å². The number of nitrogens with zero attached hydrogens (tertiary/aromatic N) is 2. The molecule has 2 heterocycles. The fourth-order valence-electron chi connectivity index (χ4n) is 10.8. The summed E-state index contributed by atoms with van der Waals surface area (Å²) in [6.07, 6.45) is 4.86. The maximum absolute atomic E-state index is 2.57. The van der Waals surface area contributed by atoms with Crippen LogP contribution in [0.25, 0.3) is 70.9 Å². The fraction of sp³-hybridized carbons (Fsp3) is 0.138. The molecule has 2 aliphatic rings. The number of benzene rings is 8. The van der Waals surface area contributed by atoms with Gasteiger partial charge in [0.25, 0.3) is 0 Å². The van der Waals surface area contributed by atoms with Gasteiger partial charge in [0.05, 0.1) is 16.7 Å². The van der Waals surface area contributed by atoms with Crippen LogP contribution in [0.2, 0.25) is 0 Å². The number of hydrogen-bond donors (Lipinski definition) is 0. The molecule has 0 bridgehead atoms. The highest BCUT2D eigenvalue weighted by molar-refractivity contribution is 7.26. The van der Waals surface area contributed by atoms with Crippen molar-refractivity contribution >= 4 is 82.5 Å². The van der Waals surface area contributed by atoms with Crippen molar-refractivity contribution < 1.29 is 0 Å². The molecule has 0 atom stereocenters. The number of aryl methyl sites for hydroxylation is 2. The maximum atomic E-state index is 2.57. The summed E-state index contributed by atoms with van der Waals surface area (Å²) < 4.78 is 5.21. The zero-order valence-electron chi connectivity index (χ0n) is 35.5. The van der Waals surface area contributed by atoms with Crippen LogP contribution in [0.3, 0.4) is 0 Å². The van der Waals surface area contributed by atoms with Crippen LogP contribution in [0.15, 0.2) is 158 Å². The Labute approximate surface area is 361 Å². The molecule has 0 saturated heterocycles. The van der Waals surface area contributed by atoms with Crippen molar-refractivity contribution in [3.8, 4) is 16.8 Å². The minimum Gasteiger partial charge on any atom is -0.310 e. The number of aromatic nitrogens is 1. The van der Waals surface area contributed by atoms with E-state index in [1.165, 1.54) is 103 Å². The molecule has 2 aromatic heterocycles. The Morgan fingerprint density at radius 1 is 0.492 bits per heavy atom. The van der Waals surface area contributed by atoms with Crippen LogP contribution in [0.4, 0.5) is 17.1 Å². The average molecular weight is 803 g/mol. The Balaban J connectivity index is 1.22. The Hall–Kier alpha value is -6.68. The van der Waals surface area contributed by atoms with E-state index in [4.69, 9.17) is 0 Å². The molecule has 61 heavy (non-hydrogen) atoms. The largest absolute Gasteiger partial charge is 0.310 e. The molecule has 0 saturated carbocycles. The van der Waals surface area contributed by atoms with Gasteiger partial charge < -0.3 is 9.47 Å². The van der Waals surface area contributed by atoms with Gasteiger partial charge in [-0.25, -0.2) is 0 Å². The van der Waals surface area contributed by atoms with Gasteiger partial charge in [0.15, 0.2) is 0 Å². The van der Waals surface area contributed by atoms with E-state index in [1.807, 2.05) is 11.3 Å². The summed E-state index contributed by atoms with van der Waals surface area (Å²) in [4.78, 5) is 2.57. The first-order chi connectivity index (χ1) is 29.6. The van der Waals surface area contributed by atoms with Crippen molar-refractivity contribution in [1.82, 2.24) is 4.57 Å². The lowest BCUT2D eigenvalue weighted by Gasteiger charge is -2.33. The molecule has 12 rings (SSSR count). The van der Waals surface area contributed by atoms with Crippen molar-refractivity contribution in [3.63, 3.8) is 0 Å². The molecule has 2 aliphatic carbocycles. The highest BCUT2D eigenvalue weighted by Gasteiger charge is 2.38. The SMILES string of the molecule is Cc1ccc(N(c2ccc3c(c2)C(C)(C)c2ccccc2-3)c2cc3c(c4c2c2ccccc2n4-c2ccccc2)C=Cc2c(ccc4c2sc2ccccc24)C3(C)C)cc1C. The van der Waals surface area contributed by atoms with E-state index in [2.05, 4.69) is 221 Å². The second-order valence-corrected chi connectivity index (χ2v) is 19.3. The molecule has 0 unspecified atom stereocenters. The summed E-state index contributed by atoms with van der Waals surface area (Å²) in [7, 11) is 0. The van der Waals surface area contributed by atoms with Gasteiger partial charge in [-0.3, -0.25) is 0 Å². The van der Waals surface area contributed by atoms with Crippen molar-refractivity contribution in [2.45, 2.75) is 52.4 Å². The van der Waals surface area contributed by atoms with Gasteiger partial charge in [0.2, 0.25) is 0 Å². The zero-order valence-corrected chi connectivity index (χ0v) is 36.3. The summed E-state index contributed by atoms with van der Waals surface area (Å²) in [5, 5.41) is 5.15. The number of anilines is 3.